The molecule has 3 aliphatic rings. The molecule has 6 nitrogen and oxygen atoms in total. The van der Waals surface area contributed by atoms with Gasteiger partial charge in [0.2, 0.25) is 0 Å². The number of ether oxygens (including phenoxy) is 2. The van der Waals surface area contributed by atoms with Crippen LogP contribution in [0.1, 0.15) is 46.2 Å². The highest BCUT2D eigenvalue weighted by Gasteiger charge is 2.86. The second kappa shape index (κ2) is 7.43. The zero-order chi connectivity index (χ0) is 25.5. The van der Waals surface area contributed by atoms with Crippen LogP contribution in [-0.4, -0.2) is 29.7 Å². The minimum atomic E-state index is -1.79. The monoisotopic (exact) mass is 482 g/mol. The van der Waals surface area contributed by atoms with Gasteiger partial charge in [0.05, 0.1) is 12.9 Å². The minimum absolute atomic E-state index is 0.515. The SMILES string of the molecule is COC(=O)[C@@H]1[C@@H](c2ccccc2)[C@]2(c3ccc(C)cc3)Oc3cc(C)cc(C)c3[C@@]23N=C(C)N[C@@]13O. The van der Waals surface area contributed by atoms with Crippen LogP contribution in [0.5, 0.6) is 5.75 Å². The predicted molar refractivity (Wildman–Crippen MR) is 137 cm³/mol. The molecular formula is C30H30N2O4. The Hall–Kier alpha value is -3.64. The van der Waals surface area contributed by atoms with Gasteiger partial charge in [-0.25, -0.2) is 0 Å². The molecule has 0 bridgehead atoms. The lowest BCUT2D eigenvalue weighted by molar-refractivity contribution is -0.158. The standard InChI is InChI=1S/C30H30N2O4/c1-17-11-13-22(14-12-17)28-25(21-9-7-6-8-10-21)26(27(33)35-5)30(34)29(28,31-20(4)32-30)24-19(3)15-18(2)16-23(24)36-28/h6-16,25-26,34H,1-5H3,(H,31,32)/t25-,26+,28+,29-,30-/m1/s1. The molecule has 5 atom stereocenters. The van der Waals surface area contributed by atoms with Crippen molar-refractivity contribution in [3.63, 3.8) is 0 Å². The quantitative estimate of drug-likeness (QED) is 0.541. The molecule has 0 aromatic heterocycles. The molecule has 36 heavy (non-hydrogen) atoms. The molecule has 0 radical (unpaired) electrons. The van der Waals surface area contributed by atoms with Gasteiger partial charge in [-0.2, -0.15) is 0 Å². The normalized spacial score (nSPS) is 31.6. The Morgan fingerprint density at radius 2 is 1.69 bits per heavy atom. The molecule has 0 unspecified atom stereocenters. The van der Waals surface area contributed by atoms with Gasteiger partial charge in [0.1, 0.15) is 11.7 Å². The lowest BCUT2D eigenvalue weighted by atomic mass is 9.68. The highest BCUT2D eigenvalue weighted by atomic mass is 16.5. The van der Waals surface area contributed by atoms with Crippen LogP contribution in [0, 0.1) is 26.7 Å². The summed E-state index contributed by atoms with van der Waals surface area (Å²) in [7, 11) is 1.36. The molecule has 3 aromatic rings. The zero-order valence-corrected chi connectivity index (χ0v) is 21.1. The van der Waals surface area contributed by atoms with E-state index in [0.29, 0.717) is 11.6 Å². The van der Waals surface area contributed by atoms with Crippen molar-refractivity contribution in [2.75, 3.05) is 7.11 Å². The summed E-state index contributed by atoms with van der Waals surface area (Å²) >= 11 is 0. The number of aliphatic imine (C=N–C) groups is 1. The van der Waals surface area contributed by atoms with E-state index in [4.69, 9.17) is 14.5 Å². The van der Waals surface area contributed by atoms with Crippen LogP contribution in [0.3, 0.4) is 0 Å². The number of rotatable bonds is 3. The summed E-state index contributed by atoms with van der Waals surface area (Å²) in [5, 5.41) is 16.0. The van der Waals surface area contributed by atoms with Crippen molar-refractivity contribution in [2.24, 2.45) is 10.9 Å². The molecule has 6 heteroatoms. The van der Waals surface area contributed by atoms with Gasteiger partial charge >= 0.3 is 5.97 Å². The topological polar surface area (TPSA) is 80.2 Å². The number of methoxy groups -OCH3 is 1. The average Bonchev–Trinajstić information content (AvgIpc) is 3.34. The Balaban J connectivity index is 1.81. The van der Waals surface area contributed by atoms with E-state index < -0.39 is 34.7 Å². The van der Waals surface area contributed by atoms with Crippen LogP contribution in [0.15, 0.2) is 71.7 Å². The van der Waals surface area contributed by atoms with E-state index in [9.17, 15) is 9.90 Å². The number of nitrogens with one attached hydrogen (secondary N) is 1. The van der Waals surface area contributed by atoms with Crippen LogP contribution in [0.4, 0.5) is 0 Å². The number of hydrogen-bond acceptors (Lipinski definition) is 6. The van der Waals surface area contributed by atoms with Crippen molar-refractivity contribution in [1.29, 1.82) is 0 Å². The fourth-order valence-electron chi connectivity index (χ4n) is 7.09. The number of carbonyl (C=O) groups excluding carboxylic acids is 1. The number of aliphatic hydroxyl groups is 1. The maximum atomic E-state index is 13.6. The lowest BCUT2D eigenvalue weighted by Gasteiger charge is -2.42. The molecule has 1 aliphatic carbocycles. The summed E-state index contributed by atoms with van der Waals surface area (Å²) < 4.78 is 12.4. The smallest absolute Gasteiger partial charge is 0.314 e. The van der Waals surface area contributed by atoms with E-state index in [1.807, 2.05) is 88.4 Å². The Labute approximate surface area is 211 Å². The fourth-order valence-corrected chi connectivity index (χ4v) is 7.09. The van der Waals surface area contributed by atoms with Crippen LogP contribution in [-0.2, 0) is 20.7 Å². The van der Waals surface area contributed by atoms with E-state index in [1.54, 1.807) is 0 Å². The summed E-state index contributed by atoms with van der Waals surface area (Å²) in [5.74, 6) is -0.891. The van der Waals surface area contributed by atoms with Gasteiger partial charge in [-0.15, -0.1) is 0 Å². The van der Waals surface area contributed by atoms with Gasteiger partial charge in [-0.3, -0.25) is 9.79 Å². The molecule has 2 aliphatic heterocycles. The Morgan fingerprint density at radius 1 is 1.00 bits per heavy atom. The fraction of sp³-hybridized carbons (Fsp3) is 0.333. The maximum Gasteiger partial charge on any atom is 0.314 e. The summed E-state index contributed by atoms with van der Waals surface area (Å²) in [6.45, 7) is 7.89. The van der Waals surface area contributed by atoms with Crippen molar-refractivity contribution < 1.29 is 19.4 Å². The Kier molecular flexibility index (Phi) is 4.71. The number of nitrogens with zero attached hydrogens (tertiary/aromatic N) is 1. The van der Waals surface area contributed by atoms with E-state index in [-0.39, 0.29) is 0 Å². The molecule has 0 amide bonds. The summed E-state index contributed by atoms with van der Waals surface area (Å²) in [4.78, 5) is 18.8. The highest BCUT2D eigenvalue weighted by Crippen LogP contribution is 2.74. The summed E-state index contributed by atoms with van der Waals surface area (Å²) in [5.41, 5.74) is 1.28. The molecular weight excluding hydrogens is 452 g/mol. The van der Waals surface area contributed by atoms with Crippen LogP contribution < -0.4 is 10.1 Å². The van der Waals surface area contributed by atoms with Crippen molar-refractivity contribution in [3.8, 4) is 5.75 Å². The predicted octanol–water partition coefficient (Wildman–Crippen LogP) is 4.39. The van der Waals surface area contributed by atoms with E-state index in [2.05, 4.69) is 11.4 Å². The van der Waals surface area contributed by atoms with Gasteiger partial charge in [0, 0.05) is 11.5 Å². The first kappa shape index (κ1) is 22.8. The van der Waals surface area contributed by atoms with Crippen molar-refractivity contribution in [3.05, 3.63) is 100 Å². The van der Waals surface area contributed by atoms with Crippen molar-refractivity contribution in [1.82, 2.24) is 5.32 Å². The number of fused-ring (bicyclic) bond motifs is 1. The van der Waals surface area contributed by atoms with Gasteiger partial charge in [-0.1, -0.05) is 66.2 Å². The molecule has 1 spiro atoms. The number of aryl methyl sites for hydroxylation is 3. The summed E-state index contributed by atoms with van der Waals surface area (Å²) in [6.07, 6.45) is 0. The third-order valence-corrected chi connectivity index (χ3v) is 8.19. The van der Waals surface area contributed by atoms with Crippen molar-refractivity contribution >= 4 is 11.8 Å². The van der Waals surface area contributed by atoms with Crippen LogP contribution in [0.2, 0.25) is 0 Å². The third-order valence-electron chi connectivity index (χ3n) is 8.19. The van der Waals surface area contributed by atoms with Crippen molar-refractivity contribution in [2.45, 2.75) is 50.5 Å². The minimum Gasteiger partial charge on any atom is -0.478 e. The average molecular weight is 483 g/mol. The van der Waals surface area contributed by atoms with E-state index >= 15 is 0 Å². The molecule has 0 saturated heterocycles. The summed E-state index contributed by atoms with van der Waals surface area (Å²) in [6, 6.07) is 22.0. The second-order valence-corrected chi connectivity index (χ2v) is 10.3. The van der Waals surface area contributed by atoms with Gasteiger partial charge in [-0.05, 0) is 56.0 Å². The Bertz CT molecular complexity index is 1420. The van der Waals surface area contributed by atoms with Crippen LogP contribution >= 0.6 is 0 Å². The number of esters is 1. The van der Waals surface area contributed by atoms with Gasteiger partial charge in [0.15, 0.2) is 16.9 Å². The first-order chi connectivity index (χ1) is 17.2. The first-order valence-corrected chi connectivity index (χ1v) is 12.3. The molecule has 2 heterocycles. The maximum absolute atomic E-state index is 13.6. The second-order valence-electron chi connectivity index (χ2n) is 10.3. The number of hydrogen-bond donors (Lipinski definition) is 2. The lowest BCUT2D eigenvalue weighted by Crippen LogP contribution is -2.61. The van der Waals surface area contributed by atoms with Gasteiger partial charge in [0.25, 0.3) is 0 Å². The Morgan fingerprint density at radius 3 is 2.36 bits per heavy atom. The molecule has 6 rings (SSSR count). The third kappa shape index (κ3) is 2.55. The van der Waals surface area contributed by atoms with E-state index in [1.165, 1.54) is 7.11 Å². The number of amidine groups is 1. The highest BCUT2D eigenvalue weighted by molar-refractivity contribution is 5.89. The number of carbonyl (C=O) groups is 1. The molecule has 1 fully saturated rings. The van der Waals surface area contributed by atoms with E-state index in [0.717, 1.165) is 33.4 Å². The zero-order valence-electron chi connectivity index (χ0n) is 21.1. The molecule has 1 saturated carbocycles. The largest absolute Gasteiger partial charge is 0.478 e. The molecule has 2 N–H and O–H groups in total. The number of benzene rings is 3. The van der Waals surface area contributed by atoms with Gasteiger partial charge < -0.3 is 19.9 Å². The first-order valence-electron chi connectivity index (χ1n) is 12.3. The molecule has 3 aromatic carbocycles. The molecule has 184 valence electrons. The van der Waals surface area contributed by atoms with Crippen LogP contribution in [0.25, 0.3) is 0 Å².